The molecule has 6 nitrogen and oxygen atoms in total. The molecule has 2 aromatic carbocycles. The van der Waals surface area contributed by atoms with Crippen molar-refractivity contribution >= 4 is 5.91 Å². The third-order valence-corrected chi connectivity index (χ3v) is 7.18. The Kier molecular flexibility index (Phi) is 7.06. The highest BCUT2D eigenvalue weighted by atomic mass is 19.4. The molecule has 0 radical (unpaired) electrons. The van der Waals surface area contributed by atoms with Gasteiger partial charge in [0.1, 0.15) is 17.4 Å². The lowest BCUT2D eigenvalue weighted by Crippen LogP contribution is -2.61. The Morgan fingerprint density at radius 1 is 1.29 bits per heavy atom. The van der Waals surface area contributed by atoms with Crippen molar-refractivity contribution in [2.24, 2.45) is 5.73 Å². The number of primary amides is 1. The van der Waals surface area contributed by atoms with Gasteiger partial charge in [0.2, 0.25) is 5.91 Å². The van der Waals surface area contributed by atoms with Crippen molar-refractivity contribution in [3.05, 3.63) is 65.2 Å². The number of benzene rings is 2. The van der Waals surface area contributed by atoms with Crippen molar-refractivity contribution < 1.29 is 27.4 Å². The zero-order valence-electron chi connectivity index (χ0n) is 19.4. The fraction of sp³-hybridized carbons (Fsp3) is 0.462. The third-order valence-electron chi connectivity index (χ3n) is 7.18. The second kappa shape index (κ2) is 9.88. The lowest BCUT2D eigenvalue weighted by molar-refractivity contribution is -0.142. The molecule has 1 amide bonds. The Bertz CT molecular complexity index is 1100. The molecule has 2 fully saturated rings. The smallest absolute Gasteiger partial charge is 0.416 e. The van der Waals surface area contributed by atoms with Gasteiger partial charge in [-0.2, -0.15) is 18.4 Å². The highest BCUT2D eigenvalue weighted by molar-refractivity contribution is 5.85. The molecule has 4 rings (SSSR count). The summed E-state index contributed by atoms with van der Waals surface area (Å²) in [4.78, 5) is 14.8. The summed E-state index contributed by atoms with van der Waals surface area (Å²) < 4.78 is 51.1. The van der Waals surface area contributed by atoms with Gasteiger partial charge in [0, 0.05) is 32.0 Å². The van der Waals surface area contributed by atoms with Crippen molar-refractivity contribution in [2.45, 2.75) is 56.0 Å². The van der Waals surface area contributed by atoms with E-state index in [1.165, 1.54) is 12.1 Å². The van der Waals surface area contributed by atoms with E-state index >= 15 is 0 Å². The number of rotatable bonds is 6. The first-order chi connectivity index (χ1) is 16.6. The molecule has 0 aromatic heterocycles. The molecule has 4 atom stereocenters. The highest BCUT2D eigenvalue weighted by Crippen LogP contribution is 2.39. The molecule has 3 unspecified atom stereocenters. The molecule has 2 aliphatic rings. The van der Waals surface area contributed by atoms with Gasteiger partial charge < -0.3 is 15.2 Å². The summed E-state index contributed by atoms with van der Waals surface area (Å²) in [5.41, 5.74) is 5.84. The van der Waals surface area contributed by atoms with Crippen molar-refractivity contribution in [1.82, 2.24) is 4.90 Å². The van der Waals surface area contributed by atoms with Crippen LogP contribution in [0, 0.1) is 11.3 Å². The maximum absolute atomic E-state index is 13.0. The van der Waals surface area contributed by atoms with E-state index in [-0.39, 0.29) is 23.9 Å². The van der Waals surface area contributed by atoms with Gasteiger partial charge in [-0.15, -0.1) is 0 Å². The quantitative estimate of drug-likeness (QED) is 0.659. The van der Waals surface area contributed by atoms with E-state index < -0.39 is 23.2 Å². The largest absolute Gasteiger partial charge is 0.489 e. The van der Waals surface area contributed by atoms with Gasteiger partial charge in [0.05, 0.1) is 23.3 Å². The number of carbonyl (C=O) groups is 1. The standard InChI is InChI=1S/C26H28F3N3O3/c1-17(19-7-5-18(15-30)6-8-19)23-14-25(24(31)33,10-12-34-23)32-11-9-22(16-32)35-21-4-2-3-20(13-21)26(27,28)29/h2-8,13,17,22-23H,9-12,14,16H2,1H3,(H2,31,33)/t17-,22?,23?,25?/m0/s1. The summed E-state index contributed by atoms with van der Waals surface area (Å²) >= 11 is 0. The molecule has 2 saturated heterocycles. The summed E-state index contributed by atoms with van der Waals surface area (Å²) in [5.74, 6) is -0.307. The Morgan fingerprint density at radius 3 is 2.69 bits per heavy atom. The van der Waals surface area contributed by atoms with Crippen molar-refractivity contribution in [2.75, 3.05) is 19.7 Å². The first-order valence-corrected chi connectivity index (χ1v) is 11.6. The van der Waals surface area contributed by atoms with Crippen molar-refractivity contribution in [1.29, 1.82) is 5.26 Å². The minimum Gasteiger partial charge on any atom is -0.489 e. The van der Waals surface area contributed by atoms with Crippen LogP contribution in [0.4, 0.5) is 13.2 Å². The van der Waals surface area contributed by atoms with Gasteiger partial charge in [0.15, 0.2) is 0 Å². The van der Waals surface area contributed by atoms with Crippen LogP contribution in [0.2, 0.25) is 0 Å². The normalized spacial score (nSPS) is 26.1. The van der Waals surface area contributed by atoms with Crippen LogP contribution in [0.15, 0.2) is 48.5 Å². The number of amides is 1. The Labute approximate surface area is 202 Å². The molecule has 9 heteroatoms. The first kappa shape index (κ1) is 25.0. The van der Waals surface area contributed by atoms with E-state index in [0.29, 0.717) is 44.5 Å². The van der Waals surface area contributed by atoms with Crippen molar-refractivity contribution in [3.8, 4) is 11.8 Å². The number of ether oxygens (including phenoxy) is 2. The summed E-state index contributed by atoms with van der Waals surface area (Å²) in [6, 6.07) is 14.2. The van der Waals surface area contributed by atoms with Gasteiger partial charge in [-0.3, -0.25) is 9.69 Å². The number of carbonyl (C=O) groups excluding carboxylic acids is 1. The monoisotopic (exact) mass is 487 g/mol. The molecule has 0 bridgehead atoms. The van der Waals surface area contributed by atoms with E-state index in [1.54, 1.807) is 12.1 Å². The predicted molar refractivity (Wildman–Crippen MR) is 123 cm³/mol. The minimum atomic E-state index is -4.44. The van der Waals surface area contributed by atoms with Gasteiger partial charge in [-0.25, -0.2) is 0 Å². The molecule has 2 heterocycles. The summed E-state index contributed by atoms with van der Waals surface area (Å²) in [6.07, 6.45) is -3.64. The topological polar surface area (TPSA) is 88.6 Å². The molecule has 2 aromatic rings. The lowest BCUT2D eigenvalue weighted by atomic mass is 9.79. The maximum atomic E-state index is 13.0. The fourth-order valence-electron chi connectivity index (χ4n) is 5.09. The first-order valence-electron chi connectivity index (χ1n) is 11.6. The predicted octanol–water partition coefficient (Wildman–Crippen LogP) is 4.24. The zero-order valence-corrected chi connectivity index (χ0v) is 19.4. The second-order valence-corrected chi connectivity index (χ2v) is 9.28. The van der Waals surface area contributed by atoms with Crippen LogP contribution in [0.3, 0.4) is 0 Å². The van der Waals surface area contributed by atoms with Gasteiger partial charge in [-0.05, 0) is 48.7 Å². The van der Waals surface area contributed by atoms with Crippen LogP contribution in [0.25, 0.3) is 0 Å². The van der Waals surface area contributed by atoms with Gasteiger partial charge in [0.25, 0.3) is 0 Å². The molecule has 0 aliphatic carbocycles. The number of halogens is 3. The summed E-state index contributed by atoms with van der Waals surface area (Å²) in [6.45, 7) is 3.32. The van der Waals surface area contributed by atoms with E-state index in [0.717, 1.165) is 17.7 Å². The van der Waals surface area contributed by atoms with Crippen LogP contribution in [-0.2, 0) is 15.7 Å². The van der Waals surface area contributed by atoms with Crippen LogP contribution >= 0.6 is 0 Å². The Balaban J connectivity index is 1.47. The van der Waals surface area contributed by atoms with E-state index in [2.05, 4.69) is 6.07 Å². The number of hydrogen-bond acceptors (Lipinski definition) is 5. The molecular weight excluding hydrogens is 459 g/mol. The fourth-order valence-corrected chi connectivity index (χ4v) is 5.09. The van der Waals surface area contributed by atoms with Crippen LogP contribution < -0.4 is 10.5 Å². The van der Waals surface area contributed by atoms with Crippen LogP contribution in [0.5, 0.6) is 5.75 Å². The van der Waals surface area contributed by atoms with E-state index in [4.69, 9.17) is 20.5 Å². The maximum Gasteiger partial charge on any atom is 0.416 e. The Morgan fingerprint density at radius 2 is 2.03 bits per heavy atom. The second-order valence-electron chi connectivity index (χ2n) is 9.28. The zero-order chi connectivity index (χ0) is 25.2. The number of nitriles is 1. The molecular formula is C26H28F3N3O3. The molecule has 2 N–H and O–H groups in total. The number of likely N-dealkylation sites (tertiary alicyclic amines) is 1. The number of hydrogen-bond donors (Lipinski definition) is 1. The third kappa shape index (κ3) is 5.29. The van der Waals surface area contributed by atoms with Crippen LogP contribution in [-0.4, -0.2) is 48.3 Å². The molecule has 0 saturated carbocycles. The highest BCUT2D eigenvalue weighted by Gasteiger charge is 2.50. The van der Waals surface area contributed by atoms with Gasteiger partial charge in [-0.1, -0.05) is 25.1 Å². The number of nitrogens with two attached hydrogens (primary N) is 1. The minimum absolute atomic E-state index is 0.0264. The molecule has 186 valence electrons. The average molecular weight is 488 g/mol. The van der Waals surface area contributed by atoms with Crippen LogP contribution in [0.1, 0.15) is 48.8 Å². The van der Waals surface area contributed by atoms with E-state index in [9.17, 15) is 18.0 Å². The molecule has 0 spiro atoms. The number of alkyl halides is 3. The Hall–Kier alpha value is -3.09. The summed E-state index contributed by atoms with van der Waals surface area (Å²) in [7, 11) is 0. The molecule has 35 heavy (non-hydrogen) atoms. The lowest BCUT2D eigenvalue weighted by Gasteiger charge is -2.46. The number of nitrogens with zero attached hydrogens (tertiary/aromatic N) is 2. The molecule has 2 aliphatic heterocycles. The average Bonchev–Trinajstić information content (AvgIpc) is 3.32. The van der Waals surface area contributed by atoms with Crippen molar-refractivity contribution in [3.63, 3.8) is 0 Å². The SMILES string of the molecule is C[C@@H](c1ccc(C#N)cc1)C1CC(C(N)=O)(N2CCC(Oc3cccc(C(F)(F)F)c3)C2)CCO1. The summed E-state index contributed by atoms with van der Waals surface area (Å²) in [5, 5.41) is 9.04. The van der Waals surface area contributed by atoms with Gasteiger partial charge >= 0.3 is 6.18 Å². The van der Waals surface area contributed by atoms with E-state index in [1.807, 2.05) is 24.0 Å².